The molecular weight excluding hydrogens is 318 g/mol. The quantitative estimate of drug-likeness (QED) is 0.668. The van der Waals surface area contributed by atoms with Gasteiger partial charge in [0.25, 0.3) is 5.17 Å². The summed E-state index contributed by atoms with van der Waals surface area (Å²) in [7, 11) is 0. The number of hydrogen-bond acceptors (Lipinski definition) is 3. The van der Waals surface area contributed by atoms with Crippen molar-refractivity contribution in [2.45, 2.75) is 5.75 Å². The highest BCUT2D eigenvalue weighted by atomic mass is 79.9. The zero-order chi connectivity index (χ0) is 12.3. The van der Waals surface area contributed by atoms with Gasteiger partial charge in [-0.05, 0) is 23.9 Å². The van der Waals surface area contributed by atoms with Gasteiger partial charge in [0, 0.05) is 21.2 Å². The van der Waals surface area contributed by atoms with Gasteiger partial charge in [-0.25, -0.2) is 4.98 Å². The Morgan fingerprint density at radius 1 is 1.41 bits per heavy atom. The zero-order valence-corrected chi connectivity index (χ0v) is 12.1. The SMILES string of the molecule is NC(=[NH2+])SCc1csc(-c2ccc(Br)cc2)n1. The molecule has 2 rings (SSSR count). The van der Waals surface area contributed by atoms with Gasteiger partial charge >= 0.3 is 0 Å². The van der Waals surface area contributed by atoms with Crippen LogP contribution in [0.2, 0.25) is 0 Å². The molecule has 88 valence electrons. The fourth-order valence-corrected chi connectivity index (χ4v) is 2.91. The van der Waals surface area contributed by atoms with Crippen LogP contribution in [0.4, 0.5) is 0 Å². The van der Waals surface area contributed by atoms with Gasteiger partial charge in [-0.1, -0.05) is 28.1 Å². The van der Waals surface area contributed by atoms with Crippen molar-refractivity contribution in [2.24, 2.45) is 5.73 Å². The van der Waals surface area contributed by atoms with E-state index in [0.717, 1.165) is 26.5 Å². The molecule has 0 saturated heterocycles. The van der Waals surface area contributed by atoms with Crippen molar-refractivity contribution in [1.82, 2.24) is 4.98 Å². The van der Waals surface area contributed by atoms with Crippen molar-refractivity contribution in [2.75, 3.05) is 0 Å². The Labute approximate surface area is 116 Å². The van der Waals surface area contributed by atoms with Gasteiger partial charge in [0.1, 0.15) is 5.01 Å². The molecule has 6 heteroatoms. The summed E-state index contributed by atoms with van der Waals surface area (Å²) in [6.45, 7) is 0. The van der Waals surface area contributed by atoms with E-state index in [-0.39, 0.29) is 0 Å². The molecule has 4 N–H and O–H groups in total. The molecule has 0 aliphatic carbocycles. The van der Waals surface area contributed by atoms with Crippen LogP contribution in [0.1, 0.15) is 5.69 Å². The molecule has 0 aliphatic heterocycles. The number of nitrogens with zero attached hydrogens (tertiary/aromatic N) is 1. The molecule has 0 fully saturated rings. The third-order valence-corrected chi connectivity index (χ3v) is 4.27. The zero-order valence-electron chi connectivity index (χ0n) is 8.89. The van der Waals surface area contributed by atoms with Crippen molar-refractivity contribution in [3.8, 4) is 10.6 Å². The number of thiazole rings is 1. The van der Waals surface area contributed by atoms with Gasteiger partial charge < -0.3 is 0 Å². The number of amidine groups is 1. The van der Waals surface area contributed by atoms with Gasteiger partial charge in [0.15, 0.2) is 0 Å². The highest BCUT2D eigenvalue weighted by Crippen LogP contribution is 2.26. The largest absolute Gasteiger partial charge is 0.300 e. The lowest BCUT2D eigenvalue weighted by Crippen LogP contribution is -2.43. The summed E-state index contributed by atoms with van der Waals surface area (Å²) < 4.78 is 1.07. The second-order valence-corrected chi connectivity index (χ2v) is 6.16. The van der Waals surface area contributed by atoms with Gasteiger partial charge in [0.2, 0.25) is 0 Å². The van der Waals surface area contributed by atoms with Crippen LogP contribution >= 0.6 is 39.0 Å². The van der Waals surface area contributed by atoms with E-state index in [9.17, 15) is 0 Å². The smallest absolute Gasteiger partial charge is 0.282 e. The summed E-state index contributed by atoms with van der Waals surface area (Å²) in [4.78, 5) is 4.54. The number of aromatic nitrogens is 1. The summed E-state index contributed by atoms with van der Waals surface area (Å²) in [5, 5.41) is 8.83. The molecule has 1 aromatic carbocycles. The third-order valence-electron chi connectivity index (χ3n) is 2.03. The Balaban J connectivity index is 2.12. The number of thioether (sulfide) groups is 1. The van der Waals surface area contributed by atoms with Gasteiger partial charge in [0.05, 0.1) is 5.69 Å². The maximum Gasteiger partial charge on any atom is 0.300 e. The second kappa shape index (κ2) is 5.66. The molecule has 2 aromatic rings. The van der Waals surface area contributed by atoms with Crippen LogP contribution in [0.3, 0.4) is 0 Å². The van der Waals surface area contributed by atoms with Crippen LogP contribution in [0, 0.1) is 0 Å². The first-order valence-corrected chi connectivity index (χ1v) is 7.52. The lowest BCUT2D eigenvalue weighted by Gasteiger charge is -1.96. The van der Waals surface area contributed by atoms with Crippen molar-refractivity contribution >= 4 is 44.2 Å². The minimum absolute atomic E-state index is 0.378. The molecule has 0 radical (unpaired) electrons. The standard InChI is InChI=1S/C11H10BrN3S2/c12-8-3-1-7(2-4-8)10-15-9(5-16-10)6-17-11(13)14/h1-5H,6H2,(H3,13,14)/p+1. The molecule has 3 nitrogen and oxygen atoms in total. The Morgan fingerprint density at radius 3 is 2.76 bits per heavy atom. The first kappa shape index (κ1) is 12.6. The first-order valence-electron chi connectivity index (χ1n) is 4.86. The van der Waals surface area contributed by atoms with Crippen LogP contribution in [0.25, 0.3) is 10.6 Å². The maximum absolute atomic E-state index is 5.40. The fourth-order valence-electron chi connectivity index (χ4n) is 1.26. The van der Waals surface area contributed by atoms with Crippen LogP contribution in [-0.4, -0.2) is 10.2 Å². The average Bonchev–Trinajstić information content (AvgIpc) is 2.76. The van der Waals surface area contributed by atoms with E-state index in [0.29, 0.717) is 5.17 Å². The molecule has 0 aliphatic rings. The van der Waals surface area contributed by atoms with Crippen LogP contribution in [0.5, 0.6) is 0 Å². The molecule has 17 heavy (non-hydrogen) atoms. The van der Waals surface area contributed by atoms with Crippen LogP contribution < -0.4 is 11.1 Å². The minimum Gasteiger partial charge on any atom is -0.282 e. The van der Waals surface area contributed by atoms with E-state index in [1.54, 1.807) is 11.3 Å². The predicted molar refractivity (Wildman–Crippen MR) is 77.7 cm³/mol. The van der Waals surface area contributed by atoms with Crippen molar-refractivity contribution < 1.29 is 5.41 Å². The monoisotopic (exact) mass is 328 g/mol. The van der Waals surface area contributed by atoms with E-state index in [1.807, 2.05) is 29.6 Å². The number of nitrogens with two attached hydrogens (primary N) is 2. The summed E-state index contributed by atoms with van der Waals surface area (Å²) in [6, 6.07) is 8.11. The highest BCUT2D eigenvalue weighted by molar-refractivity contribution is 9.10. The Hall–Kier alpha value is -0.850. The van der Waals surface area contributed by atoms with Crippen molar-refractivity contribution in [3.63, 3.8) is 0 Å². The maximum atomic E-state index is 5.40. The number of halogens is 1. The molecule has 0 atom stereocenters. The van der Waals surface area contributed by atoms with E-state index in [4.69, 9.17) is 11.1 Å². The average molecular weight is 329 g/mol. The van der Waals surface area contributed by atoms with E-state index < -0.39 is 0 Å². The predicted octanol–water partition coefficient (Wildman–Crippen LogP) is 1.88. The molecule has 0 unspecified atom stereocenters. The van der Waals surface area contributed by atoms with Crippen molar-refractivity contribution in [1.29, 1.82) is 0 Å². The molecule has 0 saturated carbocycles. The molecule has 0 bridgehead atoms. The van der Waals surface area contributed by atoms with E-state index in [2.05, 4.69) is 20.9 Å². The Bertz CT molecular complexity index is 522. The summed E-state index contributed by atoms with van der Waals surface area (Å²) in [6.07, 6.45) is 0. The fraction of sp³-hybridized carbons (Fsp3) is 0.0909. The molecule has 0 amide bonds. The van der Waals surface area contributed by atoms with Crippen LogP contribution in [-0.2, 0) is 5.75 Å². The Kier molecular flexibility index (Phi) is 4.20. The Morgan fingerprint density at radius 2 is 2.12 bits per heavy atom. The molecular formula is C11H11BrN3S2+. The van der Waals surface area contributed by atoms with Gasteiger partial charge in [-0.15, -0.1) is 11.3 Å². The summed E-state index contributed by atoms with van der Waals surface area (Å²) in [5.41, 5.74) is 7.53. The lowest BCUT2D eigenvalue weighted by atomic mass is 10.2. The van der Waals surface area contributed by atoms with Gasteiger partial charge in [-0.2, -0.15) is 0 Å². The summed E-state index contributed by atoms with van der Waals surface area (Å²) >= 11 is 6.45. The van der Waals surface area contributed by atoms with Gasteiger partial charge in [-0.3, -0.25) is 11.1 Å². The number of rotatable bonds is 3. The molecule has 1 heterocycles. The van der Waals surface area contributed by atoms with Crippen molar-refractivity contribution in [3.05, 3.63) is 39.8 Å². The normalized spacial score (nSPS) is 10.4. The van der Waals surface area contributed by atoms with E-state index in [1.165, 1.54) is 11.8 Å². The summed E-state index contributed by atoms with van der Waals surface area (Å²) in [5.74, 6) is 0.718. The first-order chi connectivity index (χ1) is 8.15. The third kappa shape index (κ3) is 3.55. The van der Waals surface area contributed by atoms with E-state index >= 15 is 0 Å². The molecule has 1 aromatic heterocycles. The molecule has 0 spiro atoms. The van der Waals surface area contributed by atoms with Crippen LogP contribution in [0.15, 0.2) is 34.1 Å². The lowest BCUT2D eigenvalue weighted by molar-refractivity contribution is -0.110. The topological polar surface area (TPSA) is 64.5 Å². The highest BCUT2D eigenvalue weighted by Gasteiger charge is 2.06. The number of hydrogen-bond donors (Lipinski definition) is 2. The second-order valence-electron chi connectivity index (χ2n) is 3.34. The number of benzene rings is 1. The minimum atomic E-state index is 0.378.